The van der Waals surface area contributed by atoms with Crippen LogP contribution in [0.4, 0.5) is 8.78 Å². The average molecular weight is 362 g/mol. The van der Waals surface area contributed by atoms with Gasteiger partial charge in [-0.1, -0.05) is 48.5 Å². The van der Waals surface area contributed by atoms with Gasteiger partial charge in [0.2, 0.25) is 0 Å². The van der Waals surface area contributed by atoms with Crippen LogP contribution in [-0.2, 0) is 4.74 Å². The van der Waals surface area contributed by atoms with E-state index in [0.29, 0.717) is 10.8 Å². The van der Waals surface area contributed by atoms with Crippen LogP contribution in [0.25, 0.3) is 21.5 Å². The lowest BCUT2D eigenvalue weighted by molar-refractivity contribution is 0.0400. The van der Waals surface area contributed by atoms with Crippen LogP contribution < -0.4 is 0 Å². The molecule has 0 atom stereocenters. The van der Waals surface area contributed by atoms with Gasteiger partial charge in [0.05, 0.1) is 11.1 Å². The Morgan fingerprint density at radius 1 is 0.556 bits per heavy atom. The van der Waals surface area contributed by atoms with Crippen LogP contribution in [0.15, 0.2) is 72.8 Å². The lowest BCUT2D eigenvalue weighted by Crippen LogP contribution is -2.14. The summed E-state index contributed by atoms with van der Waals surface area (Å²) in [5.74, 6) is -2.75. The molecule has 0 fully saturated rings. The molecule has 0 aromatic heterocycles. The highest BCUT2D eigenvalue weighted by molar-refractivity contribution is 6.13. The van der Waals surface area contributed by atoms with E-state index in [9.17, 15) is 18.4 Å². The first kappa shape index (κ1) is 16.8. The number of carbonyl (C=O) groups is 2. The van der Waals surface area contributed by atoms with Crippen molar-refractivity contribution in [2.45, 2.75) is 0 Å². The normalized spacial score (nSPS) is 10.9. The summed E-state index contributed by atoms with van der Waals surface area (Å²) in [6.07, 6.45) is 0. The number of rotatable bonds is 2. The van der Waals surface area contributed by atoms with Crippen molar-refractivity contribution in [1.82, 2.24) is 0 Å². The first-order chi connectivity index (χ1) is 13.1. The number of benzene rings is 4. The van der Waals surface area contributed by atoms with Crippen molar-refractivity contribution in [3.05, 3.63) is 95.6 Å². The summed E-state index contributed by atoms with van der Waals surface area (Å²) in [6, 6.07) is 17.7. The van der Waals surface area contributed by atoms with Gasteiger partial charge in [0, 0.05) is 10.8 Å². The number of hydrogen-bond acceptors (Lipinski definition) is 3. The van der Waals surface area contributed by atoms with Crippen LogP contribution in [0.3, 0.4) is 0 Å². The van der Waals surface area contributed by atoms with Crippen LogP contribution >= 0.6 is 0 Å². The fourth-order valence-corrected chi connectivity index (χ4v) is 3.07. The maximum atomic E-state index is 13.9. The van der Waals surface area contributed by atoms with Crippen LogP contribution in [-0.4, -0.2) is 11.9 Å². The molecule has 0 aliphatic heterocycles. The van der Waals surface area contributed by atoms with E-state index in [0.717, 1.165) is 12.1 Å². The molecule has 5 heteroatoms. The Kier molecular flexibility index (Phi) is 4.12. The maximum absolute atomic E-state index is 13.9. The second-order valence-corrected chi connectivity index (χ2v) is 5.96. The van der Waals surface area contributed by atoms with Crippen molar-refractivity contribution in [3.8, 4) is 0 Å². The average Bonchev–Trinajstić information content (AvgIpc) is 2.69. The van der Waals surface area contributed by atoms with E-state index in [4.69, 9.17) is 4.74 Å². The summed E-state index contributed by atoms with van der Waals surface area (Å²) >= 11 is 0. The van der Waals surface area contributed by atoms with E-state index < -0.39 is 23.6 Å². The third-order valence-corrected chi connectivity index (χ3v) is 4.37. The molecule has 0 heterocycles. The molecule has 0 bridgehead atoms. The molecule has 0 saturated carbocycles. The Bertz CT molecular complexity index is 1120. The first-order valence-electron chi connectivity index (χ1n) is 8.17. The summed E-state index contributed by atoms with van der Waals surface area (Å²) in [6.45, 7) is 0. The molecule has 0 unspecified atom stereocenters. The highest BCUT2D eigenvalue weighted by Gasteiger charge is 2.20. The SMILES string of the molecule is O=C(OC(=O)c1ccc(F)c2ccccc12)c1ccc(F)c2ccccc12. The number of esters is 2. The smallest absolute Gasteiger partial charge is 0.346 e. The van der Waals surface area contributed by atoms with Crippen LogP contribution in [0.2, 0.25) is 0 Å². The third-order valence-electron chi connectivity index (χ3n) is 4.37. The summed E-state index contributed by atoms with van der Waals surface area (Å²) in [5.41, 5.74) is 0.151. The Morgan fingerprint density at radius 3 is 1.33 bits per heavy atom. The predicted octanol–water partition coefficient (Wildman–Crippen LogP) is 5.27. The third kappa shape index (κ3) is 2.93. The highest BCUT2D eigenvalue weighted by atomic mass is 19.1. The Morgan fingerprint density at radius 2 is 0.926 bits per heavy atom. The molecular weight excluding hydrogens is 350 g/mol. The van der Waals surface area contributed by atoms with E-state index in [1.54, 1.807) is 36.4 Å². The van der Waals surface area contributed by atoms with Crippen molar-refractivity contribution in [2.24, 2.45) is 0 Å². The molecule has 0 amide bonds. The van der Waals surface area contributed by atoms with E-state index >= 15 is 0 Å². The van der Waals surface area contributed by atoms with Crippen molar-refractivity contribution < 1.29 is 23.1 Å². The van der Waals surface area contributed by atoms with Gasteiger partial charge < -0.3 is 4.74 Å². The van der Waals surface area contributed by atoms with Crippen LogP contribution in [0.5, 0.6) is 0 Å². The molecule has 27 heavy (non-hydrogen) atoms. The second-order valence-electron chi connectivity index (χ2n) is 5.96. The van der Waals surface area contributed by atoms with Crippen LogP contribution in [0, 0.1) is 11.6 Å². The summed E-state index contributed by atoms with van der Waals surface area (Å²) in [4.78, 5) is 25.0. The summed E-state index contributed by atoms with van der Waals surface area (Å²) in [5, 5.41) is 1.21. The summed E-state index contributed by atoms with van der Waals surface area (Å²) in [7, 11) is 0. The van der Waals surface area contributed by atoms with Gasteiger partial charge >= 0.3 is 11.9 Å². The monoisotopic (exact) mass is 362 g/mol. The highest BCUT2D eigenvalue weighted by Crippen LogP contribution is 2.25. The van der Waals surface area contributed by atoms with Crippen molar-refractivity contribution in [2.75, 3.05) is 0 Å². The lowest BCUT2D eigenvalue weighted by Gasteiger charge is -2.09. The molecule has 4 aromatic rings. The molecule has 132 valence electrons. The zero-order valence-corrected chi connectivity index (χ0v) is 13.9. The minimum Gasteiger partial charge on any atom is -0.386 e. The van der Waals surface area contributed by atoms with E-state index in [1.165, 1.54) is 24.3 Å². The second kappa shape index (κ2) is 6.61. The first-order valence-corrected chi connectivity index (χ1v) is 8.17. The standard InChI is InChI=1S/C22H12F2O3/c23-19-11-9-17(13-5-1-3-7-15(13)19)21(25)27-22(26)18-10-12-20(24)16-8-4-2-6-14(16)18/h1-12H. The number of hydrogen-bond donors (Lipinski definition) is 0. The van der Waals surface area contributed by atoms with Gasteiger partial charge in [0.25, 0.3) is 0 Å². The van der Waals surface area contributed by atoms with Gasteiger partial charge in [-0.2, -0.15) is 0 Å². The zero-order valence-electron chi connectivity index (χ0n) is 13.9. The molecule has 4 aromatic carbocycles. The number of ether oxygens (including phenoxy) is 1. The minimum absolute atomic E-state index is 0.0757. The molecule has 3 nitrogen and oxygen atoms in total. The topological polar surface area (TPSA) is 43.4 Å². The molecule has 0 aliphatic rings. The fourth-order valence-electron chi connectivity index (χ4n) is 3.07. The number of fused-ring (bicyclic) bond motifs is 2. The van der Waals surface area contributed by atoms with E-state index in [1.807, 2.05) is 0 Å². The minimum atomic E-state index is -0.899. The fraction of sp³-hybridized carbons (Fsp3) is 0. The maximum Gasteiger partial charge on any atom is 0.346 e. The van der Waals surface area contributed by atoms with Crippen LogP contribution in [0.1, 0.15) is 20.7 Å². The van der Waals surface area contributed by atoms with Gasteiger partial charge in [-0.25, -0.2) is 18.4 Å². The molecule has 0 spiro atoms. The number of carbonyl (C=O) groups excluding carboxylic acids is 2. The number of halogens is 2. The molecule has 0 saturated heterocycles. The van der Waals surface area contributed by atoms with Crippen molar-refractivity contribution in [3.63, 3.8) is 0 Å². The molecule has 0 N–H and O–H groups in total. The van der Waals surface area contributed by atoms with E-state index in [2.05, 4.69) is 0 Å². The predicted molar refractivity (Wildman–Crippen MR) is 97.6 cm³/mol. The Balaban J connectivity index is 1.72. The van der Waals surface area contributed by atoms with E-state index in [-0.39, 0.29) is 21.9 Å². The summed E-state index contributed by atoms with van der Waals surface area (Å²) < 4.78 is 32.8. The molecular formula is C22H12F2O3. The van der Waals surface area contributed by atoms with Gasteiger partial charge in [-0.05, 0) is 35.0 Å². The van der Waals surface area contributed by atoms with Gasteiger partial charge in [-0.15, -0.1) is 0 Å². The van der Waals surface area contributed by atoms with Crippen molar-refractivity contribution in [1.29, 1.82) is 0 Å². The van der Waals surface area contributed by atoms with Gasteiger partial charge in [0.15, 0.2) is 0 Å². The molecule has 0 radical (unpaired) electrons. The van der Waals surface area contributed by atoms with Crippen molar-refractivity contribution >= 4 is 33.5 Å². The van der Waals surface area contributed by atoms with Gasteiger partial charge in [0.1, 0.15) is 11.6 Å². The molecule has 4 rings (SSSR count). The van der Waals surface area contributed by atoms with Gasteiger partial charge in [-0.3, -0.25) is 0 Å². The molecule has 0 aliphatic carbocycles. The Hall–Kier alpha value is -3.60. The zero-order chi connectivity index (χ0) is 19.0. The largest absolute Gasteiger partial charge is 0.386 e. The quantitative estimate of drug-likeness (QED) is 0.360. The lowest BCUT2D eigenvalue weighted by atomic mass is 10.0. The Labute approximate surface area is 152 Å².